The third-order valence-corrected chi connectivity index (χ3v) is 9.28. The first-order valence-corrected chi connectivity index (χ1v) is 13.5. The third-order valence-electron chi connectivity index (χ3n) is 7.37. The van der Waals surface area contributed by atoms with Crippen LogP contribution in [0.1, 0.15) is 72.8 Å². The van der Waals surface area contributed by atoms with Gasteiger partial charge in [0.2, 0.25) is 10.0 Å². The van der Waals surface area contributed by atoms with Gasteiger partial charge in [-0.3, -0.25) is 15.1 Å². The molecule has 184 valence electrons. The molecule has 1 amide bonds. The summed E-state index contributed by atoms with van der Waals surface area (Å²) < 4.78 is 27.9. The summed E-state index contributed by atoms with van der Waals surface area (Å²) in [4.78, 5) is 14.9. The van der Waals surface area contributed by atoms with E-state index in [1.54, 1.807) is 21.3 Å². The van der Waals surface area contributed by atoms with E-state index in [0.29, 0.717) is 49.7 Å². The average molecular weight is 477 g/mol. The zero-order valence-electron chi connectivity index (χ0n) is 20.9. The van der Waals surface area contributed by atoms with Crippen molar-refractivity contribution in [2.24, 2.45) is 11.8 Å². The number of carbonyl (C=O) groups excluding carboxylic acids is 1. The topological polar surface area (TPSA) is 93.6 Å². The molecule has 2 N–H and O–H groups in total. The highest BCUT2D eigenvalue weighted by Gasteiger charge is 2.46. The molecule has 8 heteroatoms. The minimum absolute atomic E-state index is 0.0153. The molecule has 1 unspecified atom stereocenters. The molecule has 2 saturated heterocycles. The van der Waals surface area contributed by atoms with Crippen LogP contribution < -0.4 is 5.32 Å². The number of hydrogen-bond donors (Lipinski definition) is 2. The van der Waals surface area contributed by atoms with E-state index < -0.39 is 15.6 Å². The fraction of sp³-hybridized carbons (Fsp3) is 0.680. The van der Waals surface area contributed by atoms with Crippen molar-refractivity contribution in [2.45, 2.75) is 83.1 Å². The van der Waals surface area contributed by atoms with Gasteiger partial charge in [0.05, 0.1) is 4.90 Å². The van der Waals surface area contributed by atoms with Crippen molar-refractivity contribution in [1.29, 1.82) is 5.41 Å². The van der Waals surface area contributed by atoms with Crippen molar-refractivity contribution in [1.82, 2.24) is 14.5 Å². The van der Waals surface area contributed by atoms with E-state index in [1.165, 1.54) is 0 Å². The van der Waals surface area contributed by atoms with Gasteiger partial charge >= 0.3 is 0 Å². The van der Waals surface area contributed by atoms with Gasteiger partial charge in [-0.1, -0.05) is 46.8 Å². The molecule has 0 aliphatic carbocycles. The summed E-state index contributed by atoms with van der Waals surface area (Å²) in [7, 11) is -3.54. The lowest BCUT2D eigenvalue weighted by Gasteiger charge is -2.33. The normalized spacial score (nSPS) is 23.4. The minimum Gasteiger partial charge on any atom is -0.342 e. The highest BCUT2D eigenvalue weighted by Crippen LogP contribution is 2.31. The molecular formula is C25H40N4O3S. The molecule has 0 radical (unpaired) electrons. The molecule has 0 aromatic heterocycles. The van der Waals surface area contributed by atoms with Crippen LogP contribution in [0.5, 0.6) is 0 Å². The van der Waals surface area contributed by atoms with E-state index in [4.69, 9.17) is 5.41 Å². The van der Waals surface area contributed by atoms with Crippen LogP contribution in [0.2, 0.25) is 0 Å². The zero-order chi connectivity index (χ0) is 24.6. The summed E-state index contributed by atoms with van der Waals surface area (Å²) in [5, 5.41) is 11.3. The average Bonchev–Trinajstić information content (AvgIpc) is 2.96. The molecule has 0 spiro atoms. The van der Waals surface area contributed by atoms with E-state index in [0.717, 1.165) is 12.0 Å². The molecule has 2 fully saturated rings. The maximum absolute atomic E-state index is 13.2. The van der Waals surface area contributed by atoms with Crippen LogP contribution in [0, 0.1) is 17.2 Å². The van der Waals surface area contributed by atoms with E-state index in [9.17, 15) is 13.2 Å². The number of nitrogens with one attached hydrogen (secondary N) is 2. The number of amides is 1. The van der Waals surface area contributed by atoms with Crippen molar-refractivity contribution in [2.75, 3.05) is 19.6 Å². The largest absolute Gasteiger partial charge is 0.342 e. The molecule has 33 heavy (non-hydrogen) atoms. The monoisotopic (exact) mass is 476 g/mol. The highest BCUT2D eigenvalue weighted by molar-refractivity contribution is 7.89. The molecule has 0 bridgehead atoms. The van der Waals surface area contributed by atoms with Crippen LogP contribution in [-0.4, -0.2) is 54.7 Å². The number of guanidine groups is 1. The molecule has 3 rings (SSSR count). The fourth-order valence-electron chi connectivity index (χ4n) is 4.93. The van der Waals surface area contributed by atoms with Gasteiger partial charge in [-0.25, -0.2) is 8.42 Å². The number of nitrogens with zero attached hydrogens (tertiary/aromatic N) is 2. The Morgan fingerprint density at radius 2 is 1.76 bits per heavy atom. The molecule has 2 heterocycles. The van der Waals surface area contributed by atoms with E-state index in [2.05, 4.69) is 39.9 Å². The van der Waals surface area contributed by atoms with Crippen LogP contribution in [0.4, 0.5) is 0 Å². The van der Waals surface area contributed by atoms with Crippen LogP contribution in [0.3, 0.4) is 0 Å². The highest BCUT2D eigenvalue weighted by atomic mass is 32.2. The number of hydrogen-bond acceptors (Lipinski definition) is 4. The van der Waals surface area contributed by atoms with E-state index in [-0.39, 0.29) is 23.2 Å². The smallest absolute Gasteiger partial charge is 0.254 e. The van der Waals surface area contributed by atoms with E-state index >= 15 is 0 Å². The first-order chi connectivity index (χ1) is 15.3. The first kappa shape index (κ1) is 25.7. The maximum atomic E-state index is 13.2. The van der Waals surface area contributed by atoms with Gasteiger partial charge in [0, 0.05) is 19.6 Å². The fourth-order valence-corrected chi connectivity index (χ4v) is 6.40. The Labute approximate surface area is 199 Å². The summed E-state index contributed by atoms with van der Waals surface area (Å²) >= 11 is 0. The summed E-state index contributed by atoms with van der Waals surface area (Å²) in [6.07, 6.45) is 3.02. The third kappa shape index (κ3) is 5.27. The van der Waals surface area contributed by atoms with Crippen LogP contribution >= 0.6 is 0 Å². The van der Waals surface area contributed by atoms with Crippen molar-refractivity contribution in [3.8, 4) is 0 Å². The predicted molar refractivity (Wildman–Crippen MR) is 132 cm³/mol. The molecule has 2 aliphatic heterocycles. The molecule has 0 saturated carbocycles. The summed E-state index contributed by atoms with van der Waals surface area (Å²) in [6, 6.07) is 7.29. The Morgan fingerprint density at radius 1 is 1.18 bits per heavy atom. The molecule has 7 nitrogen and oxygen atoms in total. The van der Waals surface area contributed by atoms with Crippen molar-refractivity contribution < 1.29 is 13.2 Å². The molecule has 1 atom stereocenters. The number of rotatable bonds is 8. The molecular weight excluding hydrogens is 436 g/mol. The van der Waals surface area contributed by atoms with Crippen molar-refractivity contribution >= 4 is 21.9 Å². The quantitative estimate of drug-likeness (QED) is 0.594. The van der Waals surface area contributed by atoms with Crippen LogP contribution in [0.15, 0.2) is 29.2 Å². The van der Waals surface area contributed by atoms with Gasteiger partial charge in [0.1, 0.15) is 5.54 Å². The first-order valence-electron chi connectivity index (χ1n) is 12.1. The Balaban J connectivity index is 1.61. The van der Waals surface area contributed by atoms with Crippen LogP contribution in [0.25, 0.3) is 0 Å². The van der Waals surface area contributed by atoms with Crippen molar-refractivity contribution in [3.05, 3.63) is 29.8 Å². The number of carbonyl (C=O) groups is 1. The number of piperidine rings is 1. The van der Waals surface area contributed by atoms with E-state index in [1.807, 2.05) is 19.1 Å². The summed E-state index contributed by atoms with van der Waals surface area (Å²) in [5.74, 6) is 0.631. The van der Waals surface area contributed by atoms with Gasteiger partial charge in [-0.05, 0) is 67.6 Å². The van der Waals surface area contributed by atoms with Crippen LogP contribution in [-0.2, 0) is 20.2 Å². The second kappa shape index (κ2) is 9.37. The second-order valence-electron chi connectivity index (χ2n) is 10.9. The predicted octanol–water partition coefficient (Wildman–Crippen LogP) is 3.95. The molecule has 1 aromatic carbocycles. The standard InChI is InChI=1S/C25H40N4O3S/c1-7-24(4,5)20-8-10-21(11-9-20)33(31,32)28-14-12-19(13-15-28)17-29-22(30)25(6,16-18(2)3)27-23(29)26/h8-11,18-19H,7,12-17H2,1-6H3,(H2,26,27). The SMILES string of the molecule is CCC(C)(C)c1ccc(S(=O)(=O)N2CCC(CN3C(=N)NC(C)(CC(C)C)C3=O)CC2)cc1. The van der Waals surface area contributed by atoms with Gasteiger partial charge in [0.15, 0.2) is 5.96 Å². The lowest BCUT2D eigenvalue weighted by atomic mass is 9.82. The maximum Gasteiger partial charge on any atom is 0.254 e. The Morgan fingerprint density at radius 3 is 2.27 bits per heavy atom. The Hall–Kier alpha value is -1.93. The van der Waals surface area contributed by atoms with Gasteiger partial charge in [0.25, 0.3) is 5.91 Å². The molecule has 1 aromatic rings. The second-order valence-corrected chi connectivity index (χ2v) is 12.9. The van der Waals surface area contributed by atoms with Gasteiger partial charge in [-0.2, -0.15) is 4.31 Å². The summed E-state index contributed by atoms with van der Waals surface area (Å²) in [6.45, 7) is 13.8. The van der Waals surface area contributed by atoms with Gasteiger partial charge < -0.3 is 5.32 Å². The lowest BCUT2D eigenvalue weighted by Crippen LogP contribution is -2.46. The van der Waals surface area contributed by atoms with Gasteiger partial charge in [-0.15, -0.1) is 0 Å². The summed E-state index contributed by atoms with van der Waals surface area (Å²) in [5.41, 5.74) is 0.424. The number of sulfonamides is 1. The minimum atomic E-state index is -3.54. The van der Waals surface area contributed by atoms with Crippen molar-refractivity contribution in [3.63, 3.8) is 0 Å². The zero-order valence-corrected chi connectivity index (χ0v) is 21.8. The Kier molecular flexibility index (Phi) is 7.30. The number of benzene rings is 1. The molecule has 2 aliphatic rings. The Bertz CT molecular complexity index is 979. The lowest BCUT2D eigenvalue weighted by molar-refractivity contribution is -0.131.